The summed E-state index contributed by atoms with van der Waals surface area (Å²) in [6.45, 7) is 2.10. The molecule has 0 fully saturated rings. The van der Waals surface area contributed by atoms with Crippen LogP contribution in [0.1, 0.15) is 48.8 Å². The Bertz CT molecular complexity index is 1350. The molecule has 0 saturated carbocycles. The van der Waals surface area contributed by atoms with Crippen LogP contribution >= 0.6 is 23.1 Å². The molecule has 2 aromatic carbocycles. The zero-order chi connectivity index (χ0) is 24.4. The number of nitrogens with zero attached hydrogens (tertiary/aromatic N) is 4. The van der Waals surface area contributed by atoms with Crippen LogP contribution in [0, 0.1) is 11.3 Å². The Hall–Kier alpha value is -3.41. The number of rotatable bonds is 6. The average molecular weight is 500 g/mol. The molecule has 176 valence electrons. The third-order valence-electron chi connectivity index (χ3n) is 6.43. The molecule has 1 aromatic heterocycles. The summed E-state index contributed by atoms with van der Waals surface area (Å²) in [5, 5.41) is 19.5. The first-order valence-corrected chi connectivity index (χ1v) is 13.5. The van der Waals surface area contributed by atoms with Crippen LogP contribution in [-0.2, 0) is 17.0 Å². The van der Waals surface area contributed by atoms with Crippen molar-refractivity contribution in [2.24, 2.45) is 5.73 Å². The van der Waals surface area contributed by atoms with E-state index in [2.05, 4.69) is 47.5 Å². The smallest absolute Gasteiger partial charge is 0.219 e. The molecule has 2 aliphatic rings. The van der Waals surface area contributed by atoms with Gasteiger partial charge in [0.05, 0.1) is 17.6 Å². The first kappa shape index (κ1) is 23.3. The Balaban J connectivity index is 1.53. The zero-order valence-electron chi connectivity index (χ0n) is 19.4. The standard InChI is InChI=1S/C27H25N5OS2/c1-2-17-11-13-19(14-12-17)23-20(15-28)25(29)32(21-9-6-10-22(33)24(21)23)26-30-31-27(35-26)34-16-18-7-4-3-5-8-18/h3-5,7-8,11-14,23H,2,6,9-10,16,29H2,1H3. The Labute approximate surface area is 213 Å². The molecule has 5 rings (SSSR count). The maximum atomic E-state index is 13.3. The van der Waals surface area contributed by atoms with Crippen LogP contribution in [0.2, 0.25) is 0 Å². The summed E-state index contributed by atoms with van der Waals surface area (Å²) in [7, 11) is 0. The van der Waals surface area contributed by atoms with Gasteiger partial charge in [-0.3, -0.25) is 9.69 Å². The molecule has 0 bridgehead atoms. The molecular weight excluding hydrogens is 474 g/mol. The first-order chi connectivity index (χ1) is 17.1. The molecule has 8 heteroatoms. The average Bonchev–Trinajstić information content (AvgIpc) is 3.36. The second kappa shape index (κ2) is 10.1. The number of Topliss-reactive ketones (excluding diaryl/α,β-unsaturated/α-hetero) is 1. The number of hydrogen-bond acceptors (Lipinski definition) is 8. The highest BCUT2D eigenvalue weighted by Gasteiger charge is 2.41. The number of benzene rings is 2. The van der Waals surface area contributed by atoms with E-state index in [1.165, 1.54) is 22.5 Å². The van der Waals surface area contributed by atoms with Crippen LogP contribution in [0.4, 0.5) is 5.13 Å². The summed E-state index contributed by atoms with van der Waals surface area (Å²) >= 11 is 3.04. The lowest BCUT2D eigenvalue weighted by Crippen LogP contribution is -2.38. The number of hydrogen-bond donors (Lipinski definition) is 1. The van der Waals surface area contributed by atoms with E-state index >= 15 is 0 Å². The van der Waals surface area contributed by atoms with Gasteiger partial charge in [0.2, 0.25) is 5.13 Å². The van der Waals surface area contributed by atoms with Crippen molar-refractivity contribution in [1.82, 2.24) is 10.2 Å². The molecule has 1 atom stereocenters. The van der Waals surface area contributed by atoms with E-state index in [0.29, 0.717) is 34.9 Å². The fraction of sp³-hybridized carbons (Fsp3) is 0.259. The predicted octanol–water partition coefficient (Wildman–Crippen LogP) is 5.70. The van der Waals surface area contributed by atoms with E-state index in [0.717, 1.165) is 34.2 Å². The summed E-state index contributed by atoms with van der Waals surface area (Å²) < 4.78 is 0.816. The molecule has 0 amide bonds. The molecule has 6 nitrogen and oxygen atoms in total. The lowest BCUT2D eigenvalue weighted by Gasteiger charge is -2.38. The van der Waals surface area contributed by atoms with E-state index in [-0.39, 0.29) is 5.78 Å². The number of aromatic nitrogens is 2. The van der Waals surface area contributed by atoms with Crippen molar-refractivity contribution < 1.29 is 4.79 Å². The maximum Gasteiger partial charge on any atom is 0.219 e. The number of thioether (sulfide) groups is 1. The molecule has 0 radical (unpaired) electrons. The van der Waals surface area contributed by atoms with Gasteiger partial charge in [-0.05, 0) is 36.0 Å². The molecule has 2 N–H and O–H groups in total. The van der Waals surface area contributed by atoms with Gasteiger partial charge in [0, 0.05) is 23.4 Å². The number of carbonyl (C=O) groups excluding carboxylic acids is 1. The lowest BCUT2D eigenvalue weighted by atomic mass is 9.75. The molecule has 2 heterocycles. The lowest BCUT2D eigenvalue weighted by molar-refractivity contribution is -0.116. The maximum absolute atomic E-state index is 13.3. The number of ketones is 1. The van der Waals surface area contributed by atoms with Crippen molar-refractivity contribution >= 4 is 34.0 Å². The van der Waals surface area contributed by atoms with Crippen LogP contribution < -0.4 is 10.6 Å². The zero-order valence-corrected chi connectivity index (χ0v) is 21.0. The Morgan fingerprint density at radius 1 is 1.11 bits per heavy atom. The molecule has 3 aromatic rings. The quantitative estimate of drug-likeness (QED) is 0.435. The normalized spacial score (nSPS) is 18.0. The number of aryl methyl sites for hydroxylation is 1. The highest BCUT2D eigenvalue weighted by molar-refractivity contribution is 8.00. The van der Waals surface area contributed by atoms with Crippen molar-refractivity contribution in [2.75, 3.05) is 4.90 Å². The highest BCUT2D eigenvalue weighted by atomic mass is 32.2. The van der Waals surface area contributed by atoms with Crippen molar-refractivity contribution in [3.8, 4) is 6.07 Å². The summed E-state index contributed by atoms with van der Waals surface area (Å²) in [6.07, 6.45) is 2.86. The van der Waals surface area contributed by atoms with Crippen molar-refractivity contribution in [2.45, 2.75) is 48.6 Å². The van der Waals surface area contributed by atoms with Crippen molar-refractivity contribution in [3.63, 3.8) is 0 Å². The van der Waals surface area contributed by atoms with E-state index in [4.69, 9.17) is 5.73 Å². The van der Waals surface area contributed by atoms with Crippen LogP contribution in [0.3, 0.4) is 0 Å². The predicted molar refractivity (Wildman–Crippen MR) is 140 cm³/mol. The minimum atomic E-state index is -0.454. The van der Waals surface area contributed by atoms with Gasteiger partial charge < -0.3 is 5.73 Å². The van der Waals surface area contributed by atoms with E-state index in [1.54, 1.807) is 16.7 Å². The van der Waals surface area contributed by atoms with Crippen LogP contribution in [0.5, 0.6) is 0 Å². The van der Waals surface area contributed by atoms with Gasteiger partial charge in [-0.1, -0.05) is 84.6 Å². The van der Waals surface area contributed by atoms with Gasteiger partial charge in [-0.15, -0.1) is 10.2 Å². The third-order valence-corrected chi connectivity index (χ3v) is 8.54. The Morgan fingerprint density at radius 3 is 2.60 bits per heavy atom. The number of nitrogens with two attached hydrogens (primary N) is 1. The largest absolute Gasteiger partial charge is 0.384 e. The molecule has 0 saturated heterocycles. The number of allylic oxidation sites excluding steroid dienone is 3. The molecular formula is C27H25N5OS2. The number of nitriles is 1. The van der Waals surface area contributed by atoms with Crippen molar-refractivity contribution in [1.29, 1.82) is 5.26 Å². The number of carbonyl (C=O) groups is 1. The molecule has 1 unspecified atom stereocenters. The monoisotopic (exact) mass is 499 g/mol. The summed E-state index contributed by atoms with van der Waals surface area (Å²) in [5.74, 6) is 0.738. The van der Waals surface area contributed by atoms with Gasteiger partial charge in [-0.2, -0.15) is 5.26 Å². The highest BCUT2D eigenvalue weighted by Crippen LogP contribution is 2.47. The summed E-state index contributed by atoms with van der Waals surface area (Å²) in [6, 6.07) is 20.7. The second-order valence-corrected chi connectivity index (χ2v) is 10.7. The minimum Gasteiger partial charge on any atom is -0.384 e. The van der Waals surface area contributed by atoms with Gasteiger partial charge in [0.1, 0.15) is 5.82 Å². The molecule has 1 aliphatic heterocycles. The van der Waals surface area contributed by atoms with Crippen LogP contribution in [0.15, 0.2) is 81.6 Å². The summed E-state index contributed by atoms with van der Waals surface area (Å²) in [4.78, 5) is 15.0. The Morgan fingerprint density at radius 2 is 1.89 bits per heavy atom. The minimum absolute atomic E-state index is 0.0734. The van der Waals surface area contributed by atoms with E-state index in [1.807, 2.05) is 30.3 Å². The van der Waals surface area contributed by atoms with Crippen molar-refractivity contribution in [3.05, 3.63) is 94.0 Å². The van der Waals surface area contributed by atoms with E-state index in [9.17, 15) is 10.1 Å². The van der Waals surface area contributed by atoms with E-state index < -0.39 is 5.92 Å². The van der Waals surface area contributed by atoms with Gasteiger partial charge in [-0.25, -0.2) is 0 Å². The Kier molecular flexibility index (Phi) is 6.71. The van der Waals surface area contributed by atoms with Crippen LogP contribution in [0.25, 0.3) is 0 Å². The fourth-order valence-corrected chi connectivity index (χ4v) is 6.49. The van der Waals surface area contributed by atoms with Gasteiger partial charge in [0.15, 0.2) is 10.1 Å². The topological polar surface area (TPSA) is 95.9 Å². The number of anilines is 1. The first-order valence-electron chi connectivity index (χ1n) is 11.7. The molecule has 0 spiro atoms. The second-order valence-electron chi connectivity index (χ2n) is 8.54. The SMILES string of the molecule is CCc1ccc(C2C(C#N)=C(N)N(c3nnc(SCc4ccccc4)s3)C3=C2C(=O)CCC3)cc1. The molecule has 35 heavy (non-hydrogen) atoms. The van der Waals surface area contributed by atoms with Gasteiger partial charge in [0.25, 0.3) is 0 Å². The molecule has 1 aliphatic carbocycles. The third kappa shape index (κ3) is 4.49. The van der Waals surface area contributed by atoms with Gasteiger partial charge >= 0.3 is 0 Å². The van der Waals surface area contributed by atoms with Crippen LogP contribution in [-0.4, -0.2) is 16.0 Å². The fourth-order valence-electron chi connectivity index (χ4n) is 4.65. The summed E-state index contributed by atoms with van der Waals surface area (Å²) in [5.41, 5.74) is 11.9.